The van der Waals surface area contributed by atoms with Gasteiger partial charge in [0.1, 0.15) is 17.0 Å². The molecule has 9 heteroatoms. The molecule has 1 atom stereocenters. The molecule has 4 heterocycles. The summed E-state index contributed by atoms with van der Waals surface area (Å²) in [5.74, 6) is 1.98. The van der Waals surface area contributed by atoms with Crippen LogP contribution in [0.2, 0.25) is 0 Å². The first kappa shape index (κ1) is 18.6. The highest BCUT2D eigenvalue weighted by molar-refractivity contribution is 5.84. The minimum absolute atomic E-state index is 0.0817. The molecular weight excluding hydrogens is 404 g/mol. The van der Waals surface area contributed by atoms with Gasteiger partial charge in [-0.05, 0) is 60.4 Å². The van der Waals surface area contributed by atoms with Crippen LogP contribution in [0.25, 0.3) is 39.8 Å². The lowest BCUT2D eigenvalue weighted by molar-refractivity contribution is 0.394. The summed E-state index contributed by atoms with van der Waals surface area (Å²) in [7, 11) is 0. The fourth-order valence-corrected chi connectivity index (χ4v) is 4.29. The van der Waals surface area contributed by atoms with E-state index in [1.54, 1.807) is 13.1 Å². The normalized spacial score (nSPS) is 15.4. The first-order valence-electron chi connectivity index (χ1n) is 10.4. The van der Waals surface area contributed by atoms with E-state index in [9.17, 15) is 0 Å². The lowest BCUT2D eigenvalue weighted by atomic mass is 10.1. The summed E-state index contributed by atoms with van der Waals surface area (Å²) in [4.78, 5) is 18.3. The van der Waals surface area contributed by atoms with Gasteiger partial charge in [-0.3, -0.25) is 4.57 Å². The number of nitrogens with zero attached hydrogens (tertiary/aromatic N) is 6. The summed E-state index contributed by atoms with van der Waals surface area (Å²) in [5.41, 5.74) is 18.6. The molecule has 0 bridgehead atoms. The molecule has 0 radical (unpaired) electrons. The van der Waals surface area contributed by atoms with Crippen molar-refractivity contribution in [3.8, 4) is 28.6 Å². The minimum atomic E-state index is 0.0817. The quantitative estimate of drug-likeness (QED) is 0.450. The molecule has 0 aliphatic heterocycles. The second-order valence-electron chi connectivity index (χ2n) is 7.91. The highest BCUT2D eigenvalue weighted by atomic mass is 16.5. The molecule has 4 N–H and O–H groups in total. The van der Waals surface area contributed by atoms with E-state index in [0.29, 0.717) is 34.7 Å². The van der Waals surface area contributed by atoms with Crippen LogP contribution < -0.4 is 11.5 Å². The van der Waals surface area contributed by atoms with Crippen LogP contribution >= 0.6 is 0 Å². The Hall–Kier alpha value is -4.11. The number of rotatable bonds is 3. The van der Waals surface area contributed by atoms with Crippen molar-refractivity contribution in [3.05, 3.63) is 65.7 Å². The Morgan fingerprint density at radius 1 is 1.09 bits per heavy atom. The molecule has 0 unspecified atom stereocenters. The number of nitrogens with two attached hydrogens (primary N) is 2. The summed E-state index contributed by atoms with van der Waals surface area (Å²) in [6.45, 7) is 1.75. The zero-order valence-electron chi connectivity index (χ0n) is 17.4. The highest BCUT2D eigenvalue weighted by Crippen LogP contribution is 2.35. The zero-order valence-corrected chi connectivity index (χ0v) is 17.4. The van der Waals surface area contributed by atoms with Crippen LogP contribution in [0.15, 0.2) is 53.2 Å². The third-order valence-corrected chi connectivity index (χ3v) is 5.85. The Morgan fingerprint density at radius 3 is 2.81 bits per heavy atom. The van der Waals surface area contributed by atoms with Crippen LogP contribution in [-0.2, 0) is 6.42 Å². The Labute approximate surface area is 183 Å². The average Bonchev–Trinajstić information content (AvgIpc) is 3.50. The highest BCUT2D eigenvalue weighted by Gasteiger charge is 2.23. The lowest BCUT2D eigenvalue weighted by Gasteiger charge is -2.12. The maximum absolute atomic E-state index is 6.25. The monoisotopic (exact) mass is 424 g/mol. The summed E-state index contributed by atoms with van der Waals surface area (Å²) in [6, 6.07) is 13.9. The van der Waals surface area contributed by atoms with E-state index < -0.39 is 0 Å². The number of hydrogen-bond acceptors (Lipinski definition) is 8. The molecule has 0 saturated carbocycles. The topological polar surface area (TPSA) is 135 Å². The van der Waals surface area contributed by atoms with Crippen LogP contribution in [0.5, 0.6) is 0 Å². The molecule has 0 amide bonds. The number of fused-ring (bicyclic) bond motifs is 2. The van der Waals surface area contributed by atoms with Crippen molar-refractivity contribution in [2.24, 2.45) is 5.73 Å². The van der Waals surface area contributed by atoms with Crippen molar-refractivity contribution in [2.45, 2.75) is 25.8 Å². The third kappa shape index (κ3) is 2.86. The van der Waals surface area contributed by atoms with E-state index in [1.165, 1.54) is 11.1 Å². The molecule has 0 spiro atoms. The Kier molecular flexibility index (Phi) is 4.05. The Morgan fingerprint density at radius 2 is 2.00 bits per heavy atom. The summed E-state index contributed by atoms with van der Waals surface area (Å²) < 4.78 is 7.14. The first-order chi connectivity index (χ1) is 15.6. The van der Waals surface area contributed by atoms with Gasteiger partial charge in [-0.2, -0.15) is 4.98 Å². The van der Waals surface area contributed by atoms with Crippen molar-refractivity contribution in [3.63, 3.8) is 0 Å². The number of benzene rings is 1. The number of nitrogen functional groups attached to an aromatic ring is 1. The molecule has 9 nitrogen and oxygen atoms in total. The number of hydrogen-bond donors (Lipinski definition) is 2. The smallest absolute Gasteiger partial charge is 0.223 e. The molecule has 0 fully saturated rings. The fourth-order valence-electron chi connectivity index (χ4n) is 4.29. The Bertz CT molecular complexity index is 1480. The van der Waals surface area contributed by atoms with Crippen LogP contribution in [-0.4, -0.2) is 29.7 Å². The van der Waals surface area contributed by atoms with Crippen LogP contribution in [0, 0.1) is 6.92 Å². The number of aryl methyl sites for hydroxylation is 2. The molecule has 1 aliphatic rings. The summed E-state index contributed by atoms with van der Waals surface area (Å²) >= 11 is 0. The molecule has 32 heavy (non-hydrogen) atoms. The van der Waals surface area contributed by atoms with Gasteiger partial charge < -0.3 is 16.0 Å². The van der Waals surface area contributed by atoms with Gasteiger partial charge in [-0.25, -0.2) is 15.0 Å². The van der Waals surface area contributed by atoms with Crippen molar-refractivity contribution in [1.82, 2.24) is 29.7 Å². The summed E-state index contributed by atoms with van der Waals surface area (Å²) in [6.07, 6.45) is 3.56. The van der Waals surface area contributed by atoms with Gasteiger partial charge in [-0.15, -0.1) is 0 Å². The predicted octanol–water partition coefficient (Wildman–Crippen LogP) is 3.37. The van der Waals surface area contributed by atoms with Gasteiger partial charge in [0, 0.05) is 24.8 Å². The van der Waals surface area contributed by atoms with Crippen LogP contribution in [0.4, 0.5) is 5.82 Å². The second-order valence-corrected chi connectivity index (χ2v) is 7.91. The van der Waals surface area contributed by atoms with E-state index in [2.05, 4.69) is 27.3 Å². The predicted molar refractivity (Wildman–Crippen MR) is 120 cm³/mol. The van der Waals surface area contributed by atoms with E-state index in [1.807, 2.05) is 34.9 Å². The number of anilines is 1. The van der Waals surface area contributed by atoms with Crippen molar-refractivity contribution < 1.29 is 4.52 Å². The molecule has 1 aliphatic carbocycles. The van der Waals surface area contributed by atoms with Gasteiger partial charge >= 0.3 is 0 Å². The second kappa shape index (κ2) is 6.96. The molecule has 6 rings (SSSR count). The van der Waals surface area contributed by atoms with E-state index in [0.717, 1.165) is 29.6 Å². The van der Waals surface area contributed by atoms with E-state index >= 15 is 0 Å². The lowest BCUT2D eigenvalue weighted by Crippen LogP contribution is -2.06. The summed E-state index contributed by atoms with van der Waals surface area (Å²) in [5, 5.41) is 4.01. The number of aromatic nitrogens is 6. The van der Waals surface area contributed by atoms with Gasteiger partial charge in [-0.1, -0.05) is 11.2 Å². The van der Waals surface area contributed by atoms with E-state index in [-0.39, 0.29) is 6.04 Å². The fraction of sp³-hybridized carbons (Fsp3) is 0.174. The van der Waals surface area contributed by atoms with Crippen molar-refractivity contribution >= 4 is 17.0 Å². The molecule has 5 aromatic rings. The number of pyridine rings is 2. The van der Waals surface area contributed by atoms with Gasteiger partial charge in [0.2, 0.25) is 11.7 Å². The maximum atomic E-state index is 6.25. The average molecular weight is 424 g/mol. The third-order valence-electron chi connectivity index (χ3n) is 5.85. The standard InChI is InChI=1S/C23H20N8O/c1-12-27-21(30-32-12)18-8-9-19-23(28-18)31(22(29-19)16-3-2-10-26-20(16)25)14-5-6-15-13(11-14)4-7-17(15)24/h2-3,5-6,8-11,17H,4,7,24H2,1H3,(H2,25,26)/t17-/m0/s1. The Balaban J connectivity index is 1.63. The van der Waals surface area contributed by atoms with Crippen LogP contribution in [0.1, 0.15) is 29.5 Å². The number of imidazole rings is 1. The van der Waals surface area contributed by atoms with Crippen molar-refractivity contribution in [1.29, 1.82) is 0 Å². The molecule has 1 aromatic carbocycles. The largest absolute Gasteiger partial charge is 0.383 e. The maximum Gasteiger partial charge on any atom is 0.223 e. The van der Waals surface area contributed by atoms with E-state index in [4.69, 9.17) is 26.0 Å². The molecular formula is C23H20N8O. The minimum Gasteiger partial charge on any atom is -0.383 e. The van der Waals surface area contributed by atoms with Crippen LogP contribution in [0.3, 0.4) is 0 Å². The van der Waals surface area contributed by atoms with Gasteiger partial charge in [0.05, 0.1) is 5.56 Å². The molecule has 0 saturated heterocycles. The van der Waals surface area contributed by atoms with Gasteiger partial charge in [0.25, 0.3) is 0 Å². The SMILES string of the molecule is Cc1nc(-c2ccc3nc(-c4cccnc4N)n(-c4ccc5c(c4)CC[C@@H]5N)c3n2)no1. The van der Waals surface area contributed by atoms with Crippen molar-refractivity contribution in [2.75, 3.05) is 5.73 Å². The molecule has 158 valence electrons. The molecule has 4 aromatic heterocycles. The first-order valence-corrected chi connectivity index (χ1v) is 10.4. The zero-order chi connectivity index (χ0) is 21.8. The van der Waals surface area contributed by atoms with Gasteiger partial charge in [0.15, 0.2) is 11.5 Å².